The van der Waals surface area contributed by atoms with E-state index < -0.39 is 6.10 Å². The third-order valence-electron chi connectivity index (χ3n) is 5.99. The molecule has 1 heterocycles. The summed E-state index contributed by atoms with van der Waals surface area (Å²) in [7, 11) is 0. The molecule has 32 heavy (non-hydrogen) atoms. The molecule has 1 aliphatic rings. The number of hydrogen-bond acceptors (Lipinski definition) is 4. The number of nitrogens with zero attached hydrogens (tertiary/aromatic N) is 2. The largest absolute Gasteiger partial charge is 0.484 e. The van der Waals surface area contributed by atoms with Crippen LogP contribution >= 0.6 is 0 Å². The highest BCUT2D eigenvalue weighted by Crippen LogP contribution is 2.20. The number of benzene rings is 2. The van der Waals surface area contributed by atoms with Gasteiger partial charge >= 0.3 is 0 Å². The van der Waals surface area contributed by atoms with Crippen molar-refractivity contribution in [3.63, 3.8) is 0 Å². The molecule has 1 unspecified atom stereocenters. The highest BCUT2D eigenvalue weighted by Gasteiger charge is 2.28. The minimum Gasteiger partial charge on any atom is -0.484 e. The maximum absolute atomic E-state index is 12.8. The van der Waals surface area contributed by atoms with E-state index in [1.165, 1.54) is 11.1 Å². The summed E-state index contributed by atoms with van der Waals surface area (Å²) < 4.78 is 11.5. The molecule has 0 radical (unpaired) electrons. The van der Waals surface area contributed by atoms with Gasteiger partial charge in [0.15, 0.2) is 12.7 Å². The predicted molar refractivity (Wildman–Crippen MR) is 125 cm³/mol. The van der Waals surface area contributed by atoms with Gasteiger partial charge in [0, 0.05) is 26.2 Å². The fraction of sp³-hybridized carbons (Fsp3) is 0.462. The minimum atomic E-state index is -0.574. The number of carbonyl (C=O) groups excluding carboxylic acids is 2. The summed E-state index contributed by atoms with van der Waals surface area (Å²) in [5.74, 6) is 1.71. The molecule has 1 aliphatic heterocycles. The molecule has 6 nitrogen and oxygen atoms in total. The Balaban J connectivity index is 1.45. The highest BCUT2D eigenvalue weighted by molar-refractivity contribution is 5.82. The van der Waals surface area contributed by atoms with Crippen LogP contribution in [0.1, 0.15) is 43.4 Å². The second kappa shape index (κ2) is 10.5. The zero-order valence-corrected chi connectivity index (χ0v) is 19.8. The van der Waals surface area contributed by atoms with Crippen LogP contribution < -0.4 is 9.47 Å². The van der Waals surface area contributed by atoms with E-state index in [4.69, 9.17) is 9.47 Å². The van der Waals surface area contributed by atoms with Crippen molar-refractivity contribution in [2.75, 3.05) is 32.8 Å². The van der Waals surface area contributed by atoms with Crippen LogP contribution in [0.25, 0.3) is 0 Å². The number of ether oxygens (including phenoxy) is 2. The molecule has 0 spiro atoms. The van der Waals surface area contributed by atoms with Crippen LogP contribution in [0.3, 0.4) is 0 Å². The second-order valence-electron chi connectivity index (χ2n) is 8.72. The van der Waals surface area contributed by atoms with Crippen LogP contribution in [0.4, 0.5) is 0 Å². The average molecular weight is 439 g/mol. The van der Waals surface area contributed by atoms with Crippen LogP contribution in [0, 0.1) is 13.8 Å². The Kier molecular flexibility index (Phi) is 7.78. The van der Waals surface area contributed by atoms with E-state index in [2.05, 4.69) is 13.8 Å². The molecule has 0 saturated carbocycles. The Morgan fingerprint density at radius 2 is 1.44 bits per heavy atom. The van der Waals surface area contributed by atoms with Gasteiger partial charge in [0.25, 0.3) is 11.8 Å². The standard InChI is InChI=1S/C26H34N2O4/c1-18(2)22-7-10-23(11-8-22)32-21(5)26(30)28-14-12-27(13-15-28)25(29)17-31-24-9-6-19(3)20(4)16-24/h6-11,16,18,21H,12-15,17H2,1-5H3. The lowest BCUT2D eigenvalue weighted by atomic mass is 10.0. The quantitative estimate of drug-likeness (QED) is 0.657. The zero-order valence-electron chi connectivity index (χ0n) is 19.8. The van der Waals surface area contributed by atoms with Gasteiger partial charge in [-0.15, -0.1) is 0 Å². The Hall–Kier alpha value is -3.02. The van der Waals surface area contributed by atoms with Gasteiger partial charge in [-0.05, 0) is 67.6 Å². The van der Waals surface area contributed by atoms with Crippen LogP contribution in [-0.2, 0) is 9.59 Å². The van der Waals surface area contributed by atoms with Crippen LogP contribution in [0.2, 0.25) is 0 Å². The molecule has 1 fully saturated rings. The third kappa shape index (κ3) is 6.02. The van der Waals surface area contributed by atoms with Crippen molar-refractivity contribution >= 4 is 11.8 Å². The summed E-state index contributed by atoms with van der Waals surface area (Å²) >= 11 is 0. The summed E-state index contributed by atoms with van der Waals surface area (Å²) in [6.45, 7) is 12.1. The number of piperazine rings is 1. The van der Waals surface area contributed by atoms with E-state index in [9.17, 15) is 9.59 Å². The second-order valence-corrected chi connectivity index (χ2v) is 8.72. The van der Waals surface area contributed by atoms with Crippen LogP contribution in [0.5, 0.6) is 11.5 Å². The summed E-state index contributed by atoms with van der Waals surface area (Å²) in [5.41, 5.74) is 3.56. The van der Waals surface area contributed by atoms with Crippen molar-refractivity contribution < 1.29 is 19.1 Å². The SMILES string of the molecule is Cc1ccc(OCC(=O)N2CCN(C(=O)C(C)Oc3ccc(C(C)C)cc3)CC2)cc1C. The van der Waals surface area contributed by atoms with Gasteiger partial charge in [-0.2, -0.15) is 0 Å². The summed E-state index contributed by atoms with van der Waals surface area (Å²) in [5, 5.41) is 0. The fourth-order valence-corrected chi connectivity index (χ4v) is 3.66. The van der Waals surface area contributed by atoms with Gasteiger partial charge in [0.05, 0.1) is 0 Å². The van der Waals surface area contributed by atoms with E-state index in [1.807, 2.05) is 56.3 Å². The monoisotopic (exact) mass is 438 g/mol. The fourth-order valence-electron chi connectivity index (χ4n) is 3.66. The first-order valence-electron chi connectivity index (χ1n) is 11.3. The molecule has 0 aliphatic carbocycles. The van der Waals surface area contributed by atoms with Gasteiger partial charge in [0.1, 0.15) is 11.5 Å². The summed E-state index contributed by atoms with van der Waals surface area (Å²) in [6.07, 6.45) is -0.574. The minimum absolute atomic E-state index is 0.00232. The molecule has 1 saturated heterocycles. The molecule has 2 amide bonds. The van der Waals surface area contributed by atoms with Crippen molar-refractivity contribution in [2.45, 2.75) is 46.6 Å². The van der Waals surface area contributed by atoms with Gasteiger partial charge in [0.2, 0.25) is 0 Å². The first kappa shape index (κ1) is 23.6. The van der Waals surface area contributed by atoms with E-state index in [0.29, 0.717) is 43.6 Å². The van der Waals surface area contributed by atoms with Gasteiger partial charge in [-0.1, -0.05) is 32.0 Å². The molecule has 172 valence electrons. The van der Waals surface area contributed by atoms with Gasteiger partial charge in [-0.3, -0.25) is 9.59 Å². The lowest BCUT2D eigenvalue weighted by Crippen LogP contribution is -2.54. The van der Waals surface area contributed by atoms with Crippen LogP contribution in [-0.4, -0.2) is 60.5 Å². The van der Waals surface area contributed by atoms with Crippen molar-refractivity contribution in [3.05, 3.63) is 59.2 Å². The first-order valence-corrected chi connectivity index (χ1v) is 11.3. The van der Waals surface area contributed by atoms with Crippen molar-refractivity contribution in [2.24, 2.45) is 0 Å². The lowest BCUT2D eigenvalue weighted by Gasteiger charge is -2.35. The molecule has 2 aromatic rings. The van der Waals surface area contributed by atoms with Crippen molar-refractivity contribution in [1.29, 1.82) is 0 Å². The molecular weight excluding hydrogens is 404 g/mol. The number of amides is 2. The Labute approximate surface area is 191 Å². The number of rotatable bonds is 7. The molecule has 0 aromatic heterocycles. The number of aryl methyl sites for hydroxylation is 2. The van der Waals surface area contributed by atoms with E-state index in [-0.39, 0.29) is 18.4 Å². The van der Waals surface area contributed by atoms with E-state index in [1.54, 1.807) is 16.7 Å². The lowest BCUT2D eigenvalue weighted by molar-refractivity contribution is -0.144. The summed E-state index contributed by atoms with van der Waals surface area (Å²) in [4.78, 5) is 28.8. The summed E-state index contributed by atoms with van der Waals surface area (Å²) in [6, 6.07) is 13.7. The highest BCUT2D eigenvalue weighted by atomic mass is 16.5. The number of carbonyl (C=O) groups is 2. The molecule has 6 heteroatoms. The molecule has 0 N–H and O–H groups in total. The molecule has 2 aromatic carbocycles. The molecular formula is C26H34N2O4. The smallest absolute Gasteiger partial charge is 0.263 e. The third-order valence-corrected chi connectivity index (χ3v) is 5.99. The van der Waals surface area contributed by atoms with E-state index >= 15 is 0 Å². The average Bonchev–Trinajstić information content (AvgIpc) is 2.79. The predicted octanol–water partition coefficient (Wildman–Crippen LogP) is 3.94. The maximum atomic E-state index is 12.8. The first-order chi connectivity index (χ1) is 15.2. The topological polar surface area (TPSA) is 59.1 Å². The van der Waals surface area contributed by atoms with Crippen molar-refractivity contribution in [3.8, 4) is 11.5 Å². The Morgan fingerprint density at radius 3 is 2.03 bits per heavy atom. The molecule has 1 atom stereocenters. The Morgan fingerprint density at radius 1 is 0.844 bits per heavy atom. The molecule has 3 rings (SSSR count). The zero-order chi connectivity index (χ0) is 23.3. The van der Waals surface area contributed by atoms with Crippen molar-refractivity contribution in [1.82, 2.24) is 9.80 Å². The maximum Gasteiger partial charge on any atom is 0.263 e. The number of hydrogen-bond donors (Lipinski definition) is 0. The molecule has 0 bridgehead atoms. The Bertz CT molecular complexity index is 931. The normalized spacial score (nSPS) is 14.9. The van der Waals surface area contributed by atoms with E-state index in [0.717, 1.165) is 5.56 Å². The van der Waals surface area contributed by atoms with Gasteiger partial charge in [-0.25, -0.2) is 0 Å². The van der Waals surface area contributed by atoms with Gasteiger partial charge < -0.3 is 19.3 Å². The van der Waals surface area contributed by atoms with Crippen LogP contribution in [0.15, 0.2) is 42.5 Å².